The lowest BCUT2D eigenvalue weighted by Gasteiger charge is -2.23. The number of aliphatic hydroxyl groups is 1. The summed E-state index contributed by atoms with van der Waals surface area (Å²) in [7, 11) is 0. The van der Waals surface area contributed by atoms with Crippen LogP contribution in [0.4, 0.5) is 5.82 Å². The zero-order chi connectivity index (χ0) is 15.7. The van der Waals surface area contributed by atoms with Gasteiger partial charge in [0, 0.05) is 19.3 Å². The Morgan fingerprint density at radius 3 is 3.09 bits per heavy atom. The second-order valence-corrected chi connectivity index (χ2v) is 5.40. The summed E-state index contributed by atoms with van der Waals surface area (Å²) in [6, 6.07) is 1.75. The van der Waals surface area contributed by atoms with Crippen LogP contribution in [-0.2, 0) is 16.1 Å². The van der Waals surface area contributed by atoms with Crippen LogP contribution >= 0.6 is 11.6 Å². The summed E-state index contributed by atoms with van der Waals surface area (Å²) in [4.78, 5) is 21.2. The van der Waals surface area contributed by atoms with Crippen LogP contribution in [0, 0.1) is 0 Å². The first-order valence-corrected chi connectivity index (χ1v) is 7.17. The second kappa shape index (κ2) is 6.07. The number of carbonyl (C=O) groups is 1. The van der Waals surface area contributed by atoms with Crippen molar-refractivity contribution in [3.05, 3.63) is 17.5 Å². The smallest absolute Gasteiger partial charge is 0.323 e. The molecular formula is C13H15ClN4O4. The molecule has 0 amide bonds. The van der Waals surface area contributed by atoms with Gasteiger partial charge < -0.3 is 24.4 Å². The minimum atomic E-state index is -0.965. The van der Waals surface area contributed by atoms with Crippen LogP contribution in [0.3, 0.4) is 0 Å². The molecule has 1 saturated heterocycles. The molecule has 0 saturated carbocycles. The van der Waals surface area contributed by atoms with Gasteiger partial charge in [0.25, 0.3) is 0 Å². The Morgan fingerprint density at radius 1 is 1.50 bits per heavy atom. The van der Waals surface area contributed by atoms with E-state index >= 15 is 0 Å². The van der Waals surface area contributed by atoms with E-state index in [9.17, 15) is 9.90 Å². The van der Waals surface area contributed by atoms with Crippen molar-refractivity contribution in [2.45, 2.75) is 12.6 Å². The van der Waals surface area contributed by atoms with Gasteiger partial charge in [0.1, 0.15) is 18.0 Å². The summed E-state index contributed by atoms with van der Waals surface area (Å²) in [5, 5.41) is 19.5. The Morgan fingerprint density at radius 2 is 2.32 bits per heavy atom. The highest BCUT2D eigenvalue weighted by Crippen LogP contribution is 2.27. The minimum absolute atomic E-state index is 0.0347. The molecule has 2 aromatic heterocycles. The van der Waals surface area contributed by atoms with E-state index < -0.39 is 12.1 Å². The van der Waals surface area contributed by atoms with Crippen LogP contribution in [0.25, 0.3) is 11.0 Å². The highest BCUT2D eigenvalue weighted by molar-refractivity contribution is 6.28. The predicted molar refractivity (Wildman–Crippen MR) is 79.2 cm³/mol. The number of β-amino-alcohol motifs (C(OH)–C–C–N with tert-alkyl or cyclic N) is 1. The van der Waals surface area contributed by atoms with E-state index in [1.165, 1.54) is 4.57 Å². The second-order valence-electron chi connectivity index (χ2n) is 5.07. The number of fused-ring (bicyclic) bond motifs is 1. The third-order valence-electron chi connectivity index (χ3n) is 3.42. The molecule has 3 heterocycles. The van der Waals surface area contributed by atoms with Gasteiger partial charge in [-0.15, -0.1) is 0 Å². The summed E-state index contributed by atoms with van der Waals surface area (Å²) in [6.45, 7) is 1.46. The van der Waals surface area contributed by atoms with Crippen molar-refractivity contribution < 1.29 is 19.7 Å². The summed E-state index contributed by atoms with van der Waals surface area (Å²) < 4.78 is 6.81. The molecule has 1 atom stereocenters. The van der Waals surface area contributed by atoms with Crippen molar-refractivity contribution in [3.63, 3.8) is 0 Å². The maximum atomic E-state index is 10.9. The van der Waals surface area contributed by atoms with E-state index in [-0.39, 0.29) is 18.4 Å². The van der Waals surface area contributed by atoms with Crippen molar-refractivity contribution in [1.82, 2.24) is 14.5 Å². The van der Waals surface area contributed by atoms with E-state index in [0.717, 1.165) is 0 Å². The average Bonchev–Trinajstić information content (AvgIpc) is 2.70. The average molecular weight is 327 g/mol. The van der Waals surface area contributed by atoms with Crippen molar-refractivity contribution in [2.24, 2.45) is 0 Å². The van der Waals surface area contributed by atoms with Crippen LogP contribution in [0.5, 0.6) is 0 Å². The normalized spacial score (nSPS) is 19.4. The third-order valence-corrected chi connectivity index (χ3v) is 3.59. The Kier molecular flexibility index (Phi) is 4.14. The van der Waals surface area contributed by atoms with Crippen LogP contribution in [0.15, 0.2) is 12.3 Å². The van der Waals surface area contributed by atoms with Gasteiger partial charge in [-0.05, 0) is 17.7 Å². The molecule has 3 rings (SSSR count). The number of halogens is 1. The number of aliphatic carboxylic acids is 1. The van der Waals surface area contributed by atoms with Crippen molar-refractivity contribution >= 4 is 34.4 Å². The van der Waals surface area contributed by atoms with E-state index in [4.69, 9.17) is 21.4 Å². The van der Waals surface area contributed by atoms with Crippen LogP contribution in [-0.4, -0.2) is 63.1 Å². The number of aliphatic hydroxyl groups excluding tert-OH is 1. The molecule has 0 spiro atoms. The summed E-state index contributed by atoms with van der Waals surface area (Å²) in [5.41, 5.74) is 0.456. The van der Waals surface area contributed by atoms with Gasteiger partial charge in [0.05, 0.1) is 24.7 Å². The molecule has 2 N–H and O–H groups in total. The topological polar surface area (TPSA) is 101 Å². The largest absolute Gasteiger partial charge is 0.480 e. The van der Waals surface area contributed by atoms with Crippen LogP contribution < -0.4 is 4.90 Å². The lowest BCUT2D eigenvalue weighted by atomic mass is 10.3. The summed E-state index contributed by atoms with van der Waals surface area (Å²) >= 11 is 5.98. The van der Waals surface area contributed by atoms with Gasteiger partial charge in [-0.25, -0.2) is 0 Å². The maximum absolute atomic E-state index is 10.9. The van der Waals surface area contributed by atoms with E-state index in [2.05, 4.69) is 9.97 Å². The van der Waals surface area contributed by atoms with E-state index in [0.29, 0.717) is 36.5 Å². The molecule has 1 aliphatic heterocycles. The molecule has 0 aliphatic carbocycles. The first-order chi connectivity index (χ1) is 10.5. The summed E-state index contributed by atoms with van der Waals surface area (Å²) in [5.74, 6) is -0.393. The Balaban J connectivity index is 2.05. The third kappa shape index (κ3) is 2.99. The highest BCUT2D eigenvalue weighted by atomic mass is 35.5. The molecule has 2 aromatic rings. The molecule has 1 unspecified atom stereocenters. The molecule has 0 radical (unpaired) electrons. The molecule has 0 aromatic carbocycles. The fourth-order valence-electron chi connectivity index (χ4n) is 2.52. The van der Waals surface area contributed by atoms with Crippen molar-refractivity contribution in [1.29, 1.82) is 0 Å². The Bertz CT molecular complexity index is 705. The van der Waals surface area contributed by atoms with Crippen LogP contribution in [0.1, 0.15) is 0 Å². The minimum Gasteiger partial charge on any atom is -0.480 e. The standard InChI is InChI=1S/C13H15ClN4O4/c14-13-15-11-9(1-2-17(11)6-10(20)21)12(16-13)18-3-4-22-7-8(19)5-18/h1-2,8,19H,3-7H2,(H,20,21). The lowest BCUT2D eigenvalue weighted by molar-refractivity contribution is -0.137. The van der Waals surface area contributed by atoms with Crippen molar-refractivity contribution in [2.75, 3.05) is 31.2 Å². The number of carboxylic acid groups (broad SMARTS) is 1. The SMILES string of the molecule is O=C(O)Cn1ccc2c(N3CCOCC(O)C3)nc(Cl)nc21. The quantitative estimate of drug-likeness (QED) is 0.786. The number of aromatic nitrogens is 3. The highest BCUT2D eigenvalue weighted by Gasteiger charge is 2.22. The number of anilines is 1. The first kappa shape index (κ1) is 15.0. The molecule has 1 fully saturated rings. The van der Waals surface area contributed by atoms with Crippen LogP contribution in [0.2, 0.25) is 5.28 Å². The van der Waals surface area contributed by atoms with E-state index in [1.807, 2.05) is 4.90 Å². The monoisotopic (exact) mass is 326 g/mol. The fraction of sp³-hybridized carbons (Fsp3) is 0.462. The Labute approximate surface area is 130 Å². The number of rotatable bonds is 3. The van der Waals surface area contributed by atoms with Gasteiger partial charge in [-0.1, -0.05) is 0 Å². The van der Waals surface area contributed by atoms with Gasteiger partial charge >= 0.3 is 5.97 Å². The molecule has 118 valence electrons. The maximum Gasteiger partial charge on any atom is 0.323 e. The number of hydrogen-bond donors (Lipinski definition) is 2. The fourth-order valence-corrected chi connectivity index (χ4v) is 2.68. The van der Waals surface area contributed by atoms with Gasteiger partial charge in [0.2, 0.25) is 5.28 Å². The zero-order valence-corrected chi connectivity index (χ0v) is 12.4. The van der Waals surface area contributed by atoms with Gasteiger partial charge in [0.15, 0.2) is 0 Å². The molecule has 1 aliphatic rings. The molecular weight excluding hydrogens is 312 g/mol. The number of nitrogens with zero attached hydrogens (tertiary/aromatic N) is 4. The molecule has 9 heteroatoms. The number of carboxylic acids is 1. The van der Waals surface area contributed by atoms with Crippen molar-refractivity contribution in [3.8, 4) is 0 Å². The predicted octanol–water partition coefficient (Wildman–Crippen LogP) is 0.367. The molecule has 8 nitrogen and oxygen atoms in total. The Hall–Kier alpha value is -1.90. The van der Waals surface area contributed by atoms with E-state index in [1.54, 1.807) is 12.3 Å². The molecule has 22 heavy (non-hydrogen) atoms. The van der Waals surface area contributed by atoms with Gasteiger partial charge in [-0.3, -0.25) is 4.79 Å². The van der Waals surface area contributed by atoms with Gasteiger partial charge in [-0.2, -0.15) is 9.97 Å². The zero-order valence-electron chi connectivity index (χ0n) is 11.6. The number of hydrogen-bond acceptors (Lipinski definition) is 6. The molecule has 0 bridgehead atoms. The first-order valence-electron chi connectivity index (χ1n) is 6.79. The number of ether oxygens (including phenoxy) is 1. The summed E-state index contributed by atoms with van der Waals surface area (Å²) in [6.07, 6.45) is 1.02. The lowest BCUT2D eigenvalue weighted by Crippen LogP contribution is -2.33.